The average Bonchev–Trinajstić information content (AvgIpc) is 2.77. The number of phenolic OH excluding ortho intramolecular Hbond substituents is 1. The highest BCUT2D eigenvalue weighted by Crippen LogP contribution is 2.44. The van der Waals surface area contributed by atoms with Crippen LogP contribution in [-0.2, 0) is 11.2 Å². The fourth-order valence-corrected chi connectivity index (χ4v) is 2.76. The Bertz CT molecular complexity index is 692. The second-order valence-electron chi connectivity index (χ2n) is 4.43. The van der Waals surface area contributed by atoms with Gasteiger partial charge in [0.15, 0.2) is 0 Å². The third-order valence-electron chi connectivity index (χ3n) is 3.43. The highest BCUT2D eigenvalue weighted by atomic mass is 35.5. The van der Waals surface area contributed by atoms with Crippen LogP contribution in [0.1, 0.15) is 21.5 Å². The van der Waals surface area contributed by atoms with Crippen LogP contribution in [0.4, 0.5) is 0 Å². The first-order chi connectivity index (χ1) is 9.13. The normalized spacial score (nSPS) is 11.9. The van der Waals surface area contributed by atoms with Gasteiger partial charge in [-0.2, -0.15) is 0 Å². The predicted molar refractivity (Wildman–Crippen MR) is 72.7 cm³/mol. The van der Waals surface area contributed by atoms with Crippen molar-refractivity contribution >= 4 is 17.6 Å². The van der Waals surface area contributed by atoms with Crippen LogP contribution in [0, 0.1) is 0 Å². The van der Waals surface area contributed by atoms with Gasteiger partial charge in [-0.15, -0.1) is 0 Å². The van der Waals surface area contributed by atoms with Crippen molar-refractivity contribution in [1.82, 2.24) is 0 Å². The molecule has 0 radical (unpaired) electrons. The van der Waals surface area contributed by atoms with Crippen molar-refractivity contribution in [3.8, 4) is 16.9 Å². The number of carbonyl (C=O) groups is 1. The molecule has 0 aromatic heterocycles. The molecule has 0 bridgehead atoms. The minimum absolute atomic E-state index is 0.163. The highest BCUT2D eigenvalue weighted by Gasteiger charge is 2.28. The molecule has 1 aliphatic rings. The Labute approximate surface area is 115 Å². The van der Waals surface area contributed by atoms with Gasteiger partial charge in [-0.1, -0.05) is 35.9 Å². The largest absolute Gasteiger partial charge is 0.505 e. The number of rotatable bonds is 1. The van der Waals surface area contributed by atoms with Gasteiger partial charge in [0.1, 0.15) is 11.3 Å². The summed E-state index contributed by atoms with van der Waals surface area (Å²) in [5, 5.41) is 10.2. The van der Waals surface area contributed by atoms with Crippen molar-refractivity contribution in [3.63, 3.8) is 0 Å². The van der Waals surface area contributed by atoms with Crippen LogP contribution in [0.25, 0.3) is 11.1 Å². The fourth-order valence-electron chi connectivity index (χ4n) is 2.55. The number of fused-ring (bicyclic) bond motifs is 3. The Morgan fingerprint density at radius 2 is 2.05 bits per heavy atom. The zero-order chi connectivity index (χ0) is 13.6. The first-order valence-corrected chi connectivity index (χ1v) is 6.22. The Morgan fingerprint density at radius 3 is 2.79 bits per heavy atom. The third kappa shape index (κ3) is 1.70. The van der Waals surface area contributed by atoms with E-state index in [1.165, 1.54) is 7.11 Å². The average molecular weight is 275 g/mol. The van der Waals surface area contributed by atoms with E-state index in [1.807, 2.05) is 24.3 Å². The van der Waals surface area contributed by atoms with E-state index in [0.717, 1.165) is 22.3 Å². The zero-order valence-corrected chi connectivity index (χ0v) is 11.0. The molecule has 0 spiro atoms. The Hall–Kier alpha value is -2.00. The van der Waals surface area contributed by atoms with Crippen molar-refractivity contribution in [3.05, 3.63) is 52.0 Å². The second kappa shape index (κ2) is 4.28. The van der Waals surface area contributed by atoms with Gasteiger partial charge in [0, 0.05) is 0 Å². The van der Waals surface area contributed by atoms with E-state index in [0.29, 0.717) is 6.42 Å². The summed E-state index contributed by atoms with van der Waals surface area (Å²) >= 11 is 6.01. The number of esters is 1. The molecule has 19 heavy (non-hydrogen) atoms. The topological polar surface area (TPSA) is 46.5 Å². The summed E-state index contributed by atoms with van der Waals surface area (Å²) in [6.45, 7) is 0. The number of halogens is 1. The molecule has 0 aliphatic heterocycles. The number of carbonyl (C=O) groups excluding carboxylic acids is 1. The standard InChI is InChI=1S/C15H11ClO3/c1-19-15(18)13-11-6-8-4-2-3-5-9(8)10(11)7-12(16)14(13)17/h2-5,7,17H,6H2,1H3. The number of aromatic hydroxyl groups is 1. The Kier molecular flexibility index (Phi) is 2.72. The van der Waals surface area contributed by atoms with E-state index in [9.17, 15) is 9.90 Å². The molecule has 0 heterocycles. The van der Waals surface area contributed by atoms with Gasteiger partial charge in [-0.3, -0.25) is 0 Å². The third-order valence-corrected chi connectivity index (χ3v) is 3.71. The summed E-state index contributed by atoms with van der Waals surface area (Å²) in [6.07, 6.45) is 0.598. The maximum absolute atomic E-state index is 11.9. The van der Waals surface area contributed by atoms with Crippen molar-refractivity contribution in [2.45, 2.75) is 6.42 Å². The molecular weight excluding hydrogens is 264 g/mol. The van der Waals surface area contributed by atoms with Crippen LogP contribution in [0.5, 0.6) is 5.75 Å². The number of hydrogen-bond acceptors (Lipinski definition) is 3. The monoisotopic (exact) mass is 274 g/mol. The molecule has 1 N–H and O–H groups in total. The summed E-state index contributed by atoms with van der Waals surface area (Å²) < 4.78 is 4.74. The Balaban J connectivity index is 2.31. The lowest BCUT2D eigenvalue weighted by Crippen LogP contribution is -2.06. The number of ether oxygens (including phenoxy) is 1. The van der Waals surface area contributed by atoms with Crippen LogP contribution in [-0.4, -0.2) is 18.2 Å². The van der Waals surface area contributed by atoms with Crippen LogP contribution in [0.3, 0.4) is 0 Å². The minimum Gasteiger partial charge on any atom is -0.505 e. The molecule has 2 aromatic rings. The maximum Gasteiger partial charge on any atom is 0.342 e. The van der Waals surface area contributed by atoms with Gasteiger partial charge in [0.25, 0.3) is 0 Å². The summed E-state index contributed by atoms with van der Waals surface area (Å²) in [4.78, 5) is 11.9. The predicted octanol–water partition coefficient (Wildman–Crippen LogP) is 3.40. The van der Waals surface area contributed by atoms with Gasteiger partial charge in [-0.05, 0) is 34.7 Å². The van der Waals surface area contributed by atoms with Crippen LogP contribution < -0.4 is 0 Å². The van der Waals surface area contributed by atoms with Crippen LogP contribution in [0.2, 0.25) is 5.02 Å². The molecule has 0 saturated heterocycles. The lowest BCUT2D eigenvalue weighted by molar-refractivity contribution is 0.0596. The molecule has 0 saturated carbocycles. The van der Waals surface area contributed by atoms with Gasteiger partial charge >= 0.3 is 5.97 Å². The molecule has 96 valence electrons. The zero-order valence-electron chi connectivity index (χ0n) is 10.2. The molecule has 2 aromatic carbocycles. The Morgan fingerprint density at radius 1 is 1.32 bits per heavy atom. The summed E-state index contributed by atoms with van der Waals surface area (Å²) in [5.41, 5.74) is 3.99. The lowest BCUT2D eigenvalue weighted by Gasteiger charge is -2.10. The van der Waals surface area contributed by atoms with Crippen molar-refractivity contribution in [2.75, 3.05) is 7.11 Å². The van der Waals surface area contributed by atoms with E-state index in [4.69, 9.17) is 16.3 Å². The fraction of sp³-hybridized carbons (Fsp3) is 0.133. The number of benzene rings is 2. The molecule has 3 rings (SSSR count). The summed E-state index contributed by atoms with van der Waals surface area (Å²) in [5.74, 6) is -0.774. The molecule has 0 unspecified atom stereocenters. The van der Waals surface area contributed by atoms with Crippen molar-refractivity contribution in [1.29, 1.82) is 0 Å². The molecule has 0 atom stereocenters. The molecule has 3 nitrogen and oxygen atoms in total. The molecular formula is C15H11ClO3. The van der Waals surface area contributed by atoms with Crippen LogP contribution in [0.15, 0.2) is 30.3 Å². The van der Waals surface area contributed by atoms with Gasteiger partial charge < -0.3 is 9.84 Å². The molecule has 4 heteroatoms. The van der Waals surface area contributed by atoms with Gasteiger partial charge in [0.05, 0.1) is 12.1 Å². The SMILES string of the molecule is COC(=O)c1c(O)c(Cl)cc2c1Cc1ccccc1-2. The van der Waals surface area contributed by atoms with Crippen molar-refractivity contribution < 1.29 is 14.6 Å². The number of hydrogen-bond donors (Lipinski definition) is 1. The first-order valence-electron chi connectivity index (χ1n) is 5.84. The van der Waals surface area contributed by atoms with Crippen molar-refractivity contribution in [2.24, 2.45) is 0 Å². The van der Waals surface area contributed by atoms with E-state index >= 15 is 0 Å². The van der Waals surface area contributed by atoms with E-state index < -0.39 is 5.97 Å². The van der Waals surface area contributed by atoms with E-state index in [-0.39, 0.29) is 16.3 Å². The first kappa shape index (κ1) is 12.1. The number of phenols is 1. The van der Waals surface area contributed by atoms with Gasteiger partial charge in [0.2, 0.25) is 0 Å². The minimum atomic E-state index is -0.566. The van der Waals surface area contributed by atoms with E-state index in [2.05, 4.69) is 0 Å². The molecule has 0 amide bonds. The summed E-state index contributed by atoms with van der Waals surface area (Å²) in [6, 6.07) is 9.57. The second-order valence-corrected chi connectivity index (χ2v) is 4.84. The highest BCUT2D eigenvalue weighted by molar-refractivity contribution is 6.33. The van der Waals surface area contributed by atoms with E-state index in [1.54, 1.807) is 6.07 Å². The smallest absolute Gasteiger partial charge is 0.342 e. The van der Waals surface area contributed by atoms with Crippen LogP contribution >= 0.6 is 11.6 Å². The molecule has 1 aliphatic carbocycles. The number of methoxy groups -OCH3 is 1. The molecule has 0 fully saturated rings. The lowest BCUT2D eigenvalue weighted by atomic mass is 10.00. The van der Waals surface area contributed by atoms with Gasteiger partial charge in [-0.25, -0.2) is 4.79 Å². The quantitative estimate of drug-likeness (QED) is 0.692. The summed E-state index contributed by atoms with van der Waals surface area (Å²) in [7, 11) is 1.29. The maximum atomic E-state index is 11.9.